The van der Waals surface area contributed by atoms with E-state index in [-0.39, 0.29) is 0 Å². The van der Waals surface area contributed by atoms with E-state index in [1.165, 1.54) is 19.3 Å². The molecule has 0 aliphatic carbocycles. The van der Waals surface area contributed by atoms with Crippen LogP contribution in [-0.2, 0) is 0 Å². The van der Waals surface area contributed by atoms with Gasteiger partial charge in [0.2, 0.25) is 0 Å². The molecule has 1 unspecified atom stereocenters. The zero-order valence-corrected chi connectivity index (χ0v) is 10.1. The monoisotopic (exact) mass is 220 g/mol. The summed E-state index contributed by atoms with van der Waals surface area (Å²) >= 11 is 0. The quantitative estimate of drug-likeness (QED) is 0.795. The number of hydrogen-bond donors (Lipinski definition) is 2. The lowest BCUT2D eigenvalue weighted by atomic mass is 10.1. The van der Waals surface area contributed by atoms with Crippen molar-refractivity contribution in [3.8, 4) is 0 Å². The Labute approximate surface area is 96.9 Å². The topological polar surface area (TPSA) is 49.8 Å². The molecule has 0 saturated carbocycles. The normalized spacial score (nSPS) is 21.5. The van der Waals surface area contributed by atoms with Crippen molar-refractivity contribution in [1.29, 1.82) is 0 Å². The summed E-state index contributed by atoms with van der Waals surface area (Å²) in [5.74, 6) is 0.900. The molecule has 4 nitrogen and oxygen atoms in total. The van der Waals surface area contributed by atoms with Crippen molar-refractivity contribution in [2.45, 2.75) is 39.2 Å². The molecule has 16 heavy (non-hydrogen) atoms. The molecule has 0 bridgehead atoms. The Hall–Kier alpha value is -1.16. The minimum absolute atomic E-state index is 0.485. The summed E-state index contributed by atoms with van der Waals surface area (Å²) in [6.45, 7) is 6.14. The van der Waals surface area contributed by atoms with Gasteiger partial charge >= 0.3 is 0 Å². The lowest BCUT2D eigenvalue weighted by Crippen LogP contribution is -2.31. The zero-order valence-electron chi connectivity index (χ0n) is 10.1. The first-order valence-electron chi connectivity index (χ1n) is 6.03. The number of anilines is 1. The van der Waals surface area contributed by atoms with E-state index >= 15 is 0 Å². The first-order valence-corrected chi connectivity index (χ1v) is 6.03. The smallest absolute Gasteiger partial charge is 0.145 e. The summed E-state index contributed by atoms with van der Waals surface area (Å²) in [6, 6.07) is 0.485. The Morgan fingerprint density at radius 2 is 2.19 bits per heavy atom. The summed E-state index contributed by atoms with van der Waals surface area (Å²) in [6.07, 6.45) is 5.59. The average molecular weight is 220 g/mol. The van der Waals surface area contributed by atoms with Gasteiger partial charge in [-0.3, -0.25) is 4.98 Å². The van der Waals surface area contributed by atoms with Crippen LogP contribution >= 0.6 is 0 Å². The van der Waals surface area contributed by atoms with Crippen LogP contribution in [0.3, 0.4) is 0 Å². The van der Waals surface area contributed by atoms with Gasteiger partial charge in [0.1, 0.15) is 5.82 Å². The Morgan fingerprint density at radius 1 is 1.31 bits per heavy atom. The van der Waals surface area contributed by atoms with E-state index in [9.17, 15) is 0 Å². The number of aryl methyl sites for hydroxylation is 2. The predicted molar refractivity (Wildman–Crippen MR) is 65.6 cm³/mol. The SMILES string of the molecule is Cc1ncc(NC2CCCCNC2)nc1C. The summed E-state index contributed by atoms with van der Waals surface area (Å²) in [4.78, 5) is 8.82. The third-order valence-corrected chi connectivity index (χ3v) is 3.09. The van der Waals surface area contributed by atoms with Gasteiger partial charge in [0.25, 0.3) is 0 Å². The molecule has 1 aromatic heterocycles. The van der Waals surface area contributed by atoms with E-state index in [1.807, 2.05) is 20.0 Å². The van der Waals surface area contributed by atoms with Crippen molar-refractivity contribution >= 4 is 5.82 Å². The molecular formula is C12H20N4. The Kier molecular flexibility index (Phi) is 3.72. The van der Waals surface area contributed by atoms with Gasteiger partial charge < -0.3 is 10.6 Å². The fourth-order valence-corrected chi connectivity index (χ4v) is 1.96. The molecule has 2 N–H and O–H groups in total. The van der Waals surface area contributed by atoms with Crippen LogP contribution in [-0.4, -0.2) is 29.1 Å². The minimum Gasteiger partial charge on any atom is -0.365 e. The first kappa shape index (κ1) is 11.3. The van der Waals surface area contributed by atoms with Crippen molar-refractivity contribution in [2.75, 3.05) is 18.4 Å². The molecule has 0 radical (unpaired) electrons. The molecule has 2 heterocycles. The Balaban J connectivity index is 1.99. The van der Waals surface area contributed by atoms with E-state index in [4.69, 9.17) is 0 Å². The van der Waals surface area contributed by atoms with Crippen LogP contribution in [0.2, 0.25) is 0 Å². The van der Waals surface area contributed by atoms with Gasteiger partial charge in [0.05, 0.1) is 17.6 Å². The molecule has 1 atom stereocenters. The maximum absolute atomic E-state index is 4.50. The van der Waals surface area contributed by atoms with Crippen molar-refractivity contribution in [3.63, 3.8) is 0 Å². The molecule has 0 spiro atoms. The van der Waals surface area contributed by atoms with E-state index in [1.54, 1.807) is 0 Å². The molecule has 1 fully saturated rings. The highest BCUT2D eigenvalue weighted by Crippen LogP contribution is 2.11. The number of hydrogen-bond acceptors (Lipinski definition) is 4. The van der Waals surface area contributed by atoms with Crippen molar-refractivity contribution in [1.82, 2.24) is 15.3 Å². The fourth-order valence-electron chi connectivity index (χ4n) is 1.96. The Bertz CT molecular complexity index is 343. The van der Waals surface area contributed by atoms with E-state index in [0.29, 0.717) is 6.04 Å². The maximum atomic E-state index is 4.50. The molecular weight excluding hydrogens is 200 g/mol. The third kappa shape index (κ3) is 2.92. The lowest BCUT2D eigenvalue weighted by Gasteiger charge is -2.17. The highest BCUT2D eigenvalue weighted by molar-refractivity contribution is 5.34. The minimum atomic E-state index is 0.485. The molecule has 1 aliphatic heterocycles. The number of nitrogens with zero attached hydrogens (tertiary/aromatic N) is 2. The fraction of sp³-hybridized carbons (Fsp3) is 0.667. The van der Waals surface area contributed by atoms with Crippen LogP contribution in [0.4, 0.5) is 5.82 Å². The second-order valence-corrected chi connectivity index (χ2v) is 4.47. The standard InChI is InChI=1S/C12H20N4/c1-9-10(2)15-12(8-14-9)16-11-5-3-4-6-13-7-11/h8,11,13H,3-7H2,1-2H3,(H,15,16). The number of aromatic nitrogens is 2. The third-order valence-electron chi connectivity index (χ3n) is 3.09. The summed E-state index contributed by atoms with van der Waals surface area (Å²) in [5, 5.41) is 6.89. The molecule has 0 amide bonds. The van der Waals surface area contributed by atoms with Crippen molar-refractivity contribution in [3.05, 3.63) is 17.6 Å². The van der Waals surface area contributed by atoms with Gasteiger partial charge in [0, 0.05) is 12.6 Å². The van der Waals surface area contributed by atoms with Crippen molar-refractivity contribution < 1.29 is 0 Å². The second-order valence-electron chi connectivity index (χ2n) is 4.47. The Morgan fingerprint density at radius 3 is 3.00 bits per heavy atom. The van der Waals surface area contributed by atoms with Gasteiger partial charge in [-0.15, -0.1) is 0 Å². The highest BCUT2D eigenvalue weighted by Gasteiger charge is 2.12. The van der Waals surface area contributed by atoms with Crippen LogP contribution < -0.4 is 10.6 Å². The van der Waals surface area contributed by atoms with Crippen LogP contribution in [0, 0.1) is 13.8 Å². The van der Waals surface area contributed by atoms with E-state index < -0.39 is 0 Å². The maximum Gasteiger partial charge on any atom is 0.145 e. The predicted octanol–water partition coefficient (Wildman–Crippen LogP) is 1.65. The first-order chi connectivity index (χ1) is 7.75. The molecule has 0 aromatic carbocycles. The van der Waals surface area contributed by atoms with Crippen LogP contribution in [0.15, 0.2) is 6.20 Å². The molecule has 1 saturated heterocycles. The van der Waals surface area contributed by atoms with Crippen molar-refractivity contribution in [2.24, 2.45) is 0 Å². The van der Waals surface area contributed by atoms with E-state index in [2.05, 4.69) is 20.6 Å². The van der Waals surface area contributed by atoms with Crippen LogP contribution in [0.1, 0.15) is 30.7 Å². The second kappa shape index (κ2) is 5.25. The summed E-state index contributed by atoms with van der Waals surface area (Å²) < 4.78 is 0. The zero-order chi connectivity index (χ0) is 11.4. The average Bonchev–Trinajstić information content (AvgIpc) is 2.52. The molecule has 1 aromatic rings. The van der Waals surface area contributed by atoms with Gasteiger partial charge in [-0.25, -0.2) is 4.98 Å². The largest absolute Gasteiger partial charge is 0.365 e. The molecule has 2 rings (SSSR count). The van der Waals surface area contributed by atoms with Crippen LogP contribution in [0.5, 0.6) is 0 Å². The molecule has 88 valence electrons. The van der Waals surface area contributed by atoms with Crippen LogP contribution in [0.25, 0.3) is 0 Å². The lowest BCUT2D eigenvalue weighted by molar-refractivity contribution is 0.633. The summed E-state index contributed by atoms with van der Waals surface area (Å²) in [7, 11) is 0. The van der Waals surface area contributed by atoms with Gasteiger partial charge in [-0.2, -0.15) is 0 Å². The van der Waals surface area contributed by atoms with Gasteiger partial charge in [0.15, 0.2) is 0 Å². The molecule has 1 aliphatic rings. The number of rotatable bonds is 2. The van der Waals surface area contributed by atoms with Gasteiger partial charge in [-0.05, 0) is 33.2 Å². The summed E-state index contributed by atoms with van der Waals surface area (Å²) in [5.41, 5.74) is 2.01. The number of nitrogens with one attached hydrogen (secondary N) is 2. The molecule has 4 heteroatoms. The van der Waals surface area contributed by atoms with E-state index in [0.717, 1.165) is 30.3 Å². The van der Waals surface area contributed by atoms with Gasteiger partial charge in [-0.1, -0.05) is 6.42 Å². The highest BCUT2D eigenvalue weighted by atomic mass is 15.1.